The lowest BCUT2D eigenvalue weighted by Crippen LogP contribution is -2.02. The zero-order valence-corrected chi connectivity index (χ0v) is 13.1. The fourth-order valence-corrected chi connectivity index (χ4v) is 2.83. The maximum atomic E-state index is 6.04. The lowest BCUT2D eigenvalue weighted by molar-refractivity contribution is 0.411. The van der Waals surface area contributed by atoms with Crippen LogP contribution in [0.3, 0.4) is 0 Å². The maximum Gasteiger partial charge on any atom is 0.230 e. The topological polar surface area (TPSA) is 61.3 Å². The van der Waals surface area contributed by atoms with Crippen molar-refractivity contribution in [1.82, 2.24) is 5.16 Å². The van der Waals surface area contributed by atoms with E-state index in [4.69, 9.17) is 15.0 Å². The molecule has 0 unspecified atom stereocenters. The van der Waals surface area contributed by atoms with Gasteiger partial charge in [0.25, 0.3) is 0 Å². The summed E-state index contributed by atoms with van der Waals surface area (Å²) in [4.78, 5) is 0. The number of ether oxygens (including phenoxy) is 1. The van der Waals surface area contributed by atoms with Crippen LogP contribution in [0.1, 0.15) is 51.1 Å². The van der Waals surface area contributed by atoms with E-state index in [1.807, 2.05) is 24.3 Å². The average Bonchev–Trinajstić information content (AvgIpc) is 2.88. The monoisotopic (exact) mass is 288 g/mol. The van der Waals surface area contributed by atoms with Crippen molar-refractivity contribution in [3.8, 4) is 16.9 Å². The van der Waals surface area contributed by atoms with E-state index in [-0.39, 0.29) is 0 Å². The minimum Gasteiger partial charge on any atom is -0.496 e. The van der Waals surface area contributed by atoms with E-state index in [0.717, 1.165) is 48.3 Å². The van der Waals surface area contributed by atoms with E-state index in [1.165, 1.54) is 0 Å². The third-order valence-corrected chi connectivity index (χ3v) is 3.78. The molecule has 0 radical (unpaired) electrons. The maximum absolute atomic E-state index is 6.04. The van der Waals surface area contributed by atoms with Crippen LogP contribution in [-0.4, -0.2) is 12.3 Å². The number of methoxy groups -OCH3 is 1. The van der Waals surface area contributed by atoms with Crippen LogP contribution in [-0.2, 0) is 0 Å². The van der Waals surface area contributed by atoms with E-state index in [9.17, 15) is 0 Å². The van der Waals surface area contributed by atoms with Gasteiger partial charge in [-0.15, -0.1) is 0 Å². The first-order valence-electron chi connectivity index (χ1n) is 7.61. The summed E-state index contributed by atoms with van der Waals surface area (Å²) in [5.74, 6) is 1.54. The number of rotatable bonds is 7. The summed E-state index contributed by atoms with van der Waals surface area (Å²) in [6, 6.07) is 7.85. The molecule has 4 nitrogen and oxygen atoms in total. The summed E-state index contributed by atoms with van der Waals surface area (Å²) < 4.78 is 10.7. The smallest absolute Gasteiger partial charge is 0.230 e. The van der Waals surface area contributed by atoms with E-state index >= 15 is 0 Å². The van der Waals surface area contributed by atoms with Crippen molar-refractivity contribution < 1.29 is 9.26 Å². The molecule has 0 spiro atoms. The first-order chi connectivity index (χ1) is 10.2. The Morgan fingerprint density at radius 2 is 1.86 bits per heavy atom. The van der Waals surface area contributed by atoms with Gasteiger partial charge in [-0.1, -0.05) is 50.0 Å². The zero-order chi connectivity index (χ0) is 15.2. The summed E-state index contributed by atoms with van der Waals surface area (Å²) in [7, 11) is 1.66. The predicted molar refractivity (Wildman–Crippen MR) is 85.5 cm³/mol. The molecular formula is C17H24N2O2. The highest BCUT2D eigenvalue weighted by atomic mass is 16.5. The molecule has 4 heteroatoms. The third kappa shape index (κ3) is 3.20. The summed E-state index contributed by atoms with van der Waals surface area (Å²) in [6.45, 7) is 4.38. The first kappa shape index (κ1) is 15.4. The Morgan fingerprint density at radius 1 is 1.19 bits per heavy atom. The van der Waals surface area contributed by atoms with Crippen LogP contribution in [0.25, 0.3) is 11.1 Å². The van der Waals surface area contributed by atoms with Crippen molar-refractivity contribution >= 4 is 5.88 Å². The number of hydrogen-bond acceptors (Lipinski definition) is 4. The van der Waals surface area contributed by atoms with Crippen molar-refractivity contribution in [2.45, 2.75) is 45.4 Å². The Hall–Kier alpha value is -1.97. The molecular weight excluding hydrogens is 264 g/mol. The molecule has 0 aliphatic heterocycles. The van der Waals surface area contributed by atoms with Gasteiger partial charge in [0.05, 0.1) is 18.4 Å². The predicted octanol–water partition coefficient (Wildman–Crippen LogP) is 4.62. The quantitative estimate of drug-likeness (QED) is 0.807. The van der Waals surface area contributed by atoms with Crippen molar-refractivity contribution in [2.75, 3.05) is 12.8 Å². The van der Waals surface area contributed by atoms with Crippen molar-refractivity contribution in [1.29, 1.82) is 0 Å². The number of nitrogens with zero attached hydrogens (tertiary/aromatic N) is 1. The van der Waals surface area contributed by atoms with Gasteiger partial charge >= 0.3 is 0 Å². The van der Waals surface area contributed by atoms with Crippen LogP contribution in [0.15, 0.2) is 28.8 Å². The minimum atomic E-state index is 0.367. The van der Waals surface area contributed by atoms with E-state index in [0.29, 0.717) is 11.8 Å². The molecule has 114 valence electrons. The van der Waals surface area contributed by atoms with Gasteiger partial charge < -0.3 is 15.0 Å². The number of aromatic nitrogens is 1. The SMILES string of the molecule is CCCC(CCC)c1noc(N)c1-c1ccccc1OC. The molecule has 0 fully saturated rings. The van der Waals surface area contributed by atoms with E-state index < -0.39 is 0 Å². The molecule has 1 aromatic heterocycles. The van der Waals surface area contributed by atoms with Gasteiger partial charge in [0, 0.05) is 11.5 Å². The molecule has 0 aliphatic carbocycles. The Labute approximate surface area is 126 Å². The highest BCUT2D eigenvalue weighted by molar-refractivity contribution is 5.80. The second kappa shape index (κ2) is 7.16. The van der Waals surface area contributed by atoms with Crippen LogP contribution in [0.4, 0.5) is 5.88 Å². The van der Waals surface area contributed by atoms with Gasteiger partial charge in [0.1, 0.15) is 5.75 Å². The molecule has 2 N–H and O–H groups in total. The molecule has 0 bridgehead atoms. The van der Waals surface area contributed by atoms with Gasteiger partial charge in [-0.2, -0.15) is 0 Å². The molecule has 1 aromatic carbocycles. The Balaban J connectivity index is 2.51. The summed E-state index contributed by atoms with van der Waals surface area (Å²) >= 11 is 0. The first-order valence-corrected chi connectivity index (χ1v) is 7.61. The summed E-state index contributed by atoms with van der Waals surface area (Å²) in [6.07, 6.45) is 4.40. The summed E-state index contributed by atoms with van der Waals surface area (Å²) in [5.41, 5.74) is 8.84. The second-order valence-electron chi connectivity index (χ2n) is 5.28. The lowest BCUT2D eigenvalue weighted by Gasteiger charge is -2.15. The molecule has 1 heterocycles. The number of para-hydroxylation sites is 1. The van der Waals surface area contributed by atoms with Crippen LogP contribution < -0.4 is 10.5 Å². The molecule has 2 rings (SSSR count). The van der Waals surface area contributed by atoms with Gasteiger partial charge in [0.2, 0.25) is 5.88 Å². The van der Waals surface area contributed by atoms with Gasteiger partial charge in [-0.3, -0.25) is 0 Å². The lowest BCUT2D eigenvalue weighted by atomic mass is 9.90. The highest BCUT2D eigenvalue weighted by Crippen LogP contribution is 2.41. The van der Waals surface area contributed by atoms with Crippen molar-refractivity contribution in [2.24, 2.45) is 0 Å². The Kier molecular flexibility index (Phi) is 5.26. The fraction of sp³-hybridized carbons (Fsp3) is 0.471. The number of nitrogens with two attached hydrogens (primary N) is 1. The van der Waals surface area contributed by atoms with Crippen LogP contribution >= 0.6 is 0 Å². The molecule has 2 aromatic rings. The Morgan fingerprint density at radius 3 is 2.48 bits per heavy atom. The fourth-order valence-electron chi connectivity index (χ4n) is 2.83. The second-order valence-corrected chi connectivity index (χ2v) is 5.28. The molecule has 0 atom stereocenters. The van der Waals surface area contributed by atoms with Crippen LogP contribution in [0.5, 0.6) is 5.75 Å². The van der Waals surface area contributed by atoms with Crippen LogP contribution in [0.2, 0.25) is 0 Å². The van der Waals surface area contributed by atoms with E-state index in [1.54, 1.807) is 7.11 Å². The Bertz CT molecular complexity index is 572. The van der Waals surface area contributed by atoms with Crippen molar-refractivity contribution in [3.63, 3.8) is 0 Å². The molecule has 0 aliphatic rings. The molecule has 0 saturated carbocycles. The van der Waals surface area contributed by atoms with Crippen molar-refractivity contribution in [3.05, 3.63) is 30.0 Å². The van der Waals surface area contributed by atoms with Gasteiger partial charge in [-0.05, 0) is 18.9 Å². The standard InChI is InChI=1S/C17H24N2O2/c1-4-8-12(9-5-2)16-15(17(18)21-19-16)13-10-6-7-11-14(13)20-3/h6-7,10-12H,4-5,8-9,18H2,1-3H3. The number of hydrogen-bond donors (Lipinski definition) is 1. The number of anilines is 1. The normalized spacial score (nSPS) is 11.0. The molecule has 21 heavy (non-hydrogen) atoms. The number of nitrogen functional groups attached to an aromatic ring is 1. The third-order valence-electron chi connectivity index (χ3n) is 3.78. The zero-order valence-electron chi connectivity index (χ0n) is 13.1. The van der Waals surface area contributed by atoms with Gasteiger partial charge in [0.15, 0.2) is 0 Å². The largest absolute Gasteiger partial charge is 0.496 e. The van der Waals surface area contributed by atoms with Crippen LogP contribution in [0, 0.1) is 0 Å². The highest BCUT2D eigenvalue weighted by Gasteiger charge is 2.24. The molecule has 0 amide bonds. The van der Waals surface area contributed by atoms with Gasteiger partial charge in [-0.25, -0.2) is 0 Å². The summed E-state index contributed by atoms with van der Waals surface area (Å²) in [5, 5.41) is 4.25. The average molecular weight is 288 g/mol. The molecule has 0 saturated heterocycles. The van der Waals surface area contributed by atoms with E-state index in [2.05, 4.69) is 19.0 Å². The minimum absolute atomic E-state index is 0.367. The number of benzene rings is 1.